The van der Waals surface area contributed by atoms with Gasteiger partial charge in [0.25, 0.3) is 0 Å². The molecule has 0 radical (unpaired) electrons. The first-order valence-electron chi connectivity index (χ1n) is 5.17. The molecule has 86 valence electrons. The first kappa shape index (κ1) is 11.0. The zero-order valence-corrected chi connectivity index (χ0v) is 10.1. The van der Waals surface area contributed by atoms with Crippen molar-refractivity contribution in [3.8, 4) is 0 Å². The van der Waals surface area contributed by atoms with E-state index in [-0.39, 0.29) is 0 Å². The van der Waals surface area contributed by atoms with Crippen molar-refractivity contribution < 1.29 is 0 Å². The van der Waals surface area contributed by atoms with Crippen LogP contribution in [0.5, 0.6) is 0 Å². The molecule has 2 rings (SSSR count). The Morgan fingerprint density at radius 1 is 1.44 bits per heavy atom. The highest BCUT2D eigenvalue weighted by atomic mass is 32.1. The molecule has 2 aromatic heterocycles. The van der Waals surface area contributed by atoms with Gasteiger partial charge in [0.15, 0.2) is 4.77 Å². The smallest absolute Gasteiger partial charge is 0.195 e. The first-order valence-corrected chi connectivity index (χ1v) is 5.58. The number of hydrogen-bond acceptors (Lipinski definition) is 4. The van der Waals surface area contributed by atoms with E-state index in [1.807, 2.05) is 10.8 Å². The predicted molar refractivity (Wildman–Crippen MR) is 61.5 cm³/mol. The molecule has 0 saturated carbocycles. The molecule has 7 heteroatoms. The fraction of sp³-hybridized carbons (Fsp3) is 0.556. The van der Waals surface area contributed by atoms with Crippen LogP contribution in [0.3, 0.4) is 0 Å². The largest absolute Gasteiger partial charge is 0.302 e. The van der Waals surface area contributed by atoms with Crippen LogP contribution in [0.4, 0.5) is 0 Å². The van der Waals surface area contributed by atoms with Crippen LogP contribution in [0.1, 0.15) is 25.6 Å². The van der Waals surface area contributed by atoms with Crippen LogP contribution in [0.15, 0.2) is 12.4 Å². The van der Waals surface area contributed by atoms with Crippen molar-refractivity contribution in [1.29, 1.82) is 0 Å². The van der Waals surface area contributed by atoms with Gasteiger partial charge in [-0.2, -0.15) is 5.10 Å². The Kier molecular flexibility index (Phi) is 3.14. The van der Waals surface area contributed by atoms with Crippen LogP contribution in [0, 0.1) is 4.77 Å². The summed E-state index contributed by atoms with van der Waals surface area (Å²) in [6.07, 6.45) is 3.50. The molecular formula is C9H14N6S. The van der Waals surface area contributed by atoms with Gasteiger partial charge in [0.05, 0.1) is 12.7 Å². The third-order valence-electron chi connectivity index (χ3n) is 2.33. The molecular weight excluding hydrogens is 224 g/mol. The standard InChI is InChI=1S/C9H14N6S/c1-7(2)8-11-12-9(16)15(8)6-5-14-4-3-10-13-14/h3-4,7H,5-6H2,1-2H3,(H,12,16). The van der Waals surface area contributed by atoms with Gasteiger partial charge in [0.1, 0.15) is 5.82 Å². The minimum atomic E-state index is 0.351. The molecule has 0 bridgehead atoms. The van der Waals surface area contributed by atoms with Crippen molar-refractivity contribution in [2.75, 3.05) is 0 Å². The average molecular weight is 238 g/mol. The second-order valence-electron chi connectivity index (χ2n) is 3.86. The van der Waals surface area contributed by atoms with Gasteiger partial charge < -0.3 is 4.57 Å². The Bertz CT molecular complexity index is 494. The summed E-state index contributed by atoms with van der Waals surface area (Å²) in [6, 6.07) is 0. The topological polar surface area (TPSA) is 64.3 Å². The molecule has 0 unspecified atom stereocenters. The van der Waals surface area contributed by atoms with Gasteiger partial charge in [-0.15, -0.1) is 5.10 Å². The first-order chi connectivity index (χ1) is 7.68. The number of aromatic amines is 1. The highest BCUT2D eigenvalue weighted by Crippen LogP contribution is 2.11. The zero-order chi connectivity index (χ0) is 11.5. The molecule has 0 aromatic carbocycles. The number of aromatic nitrogens is 6. The van der Waals surface area contributed by atoms with Crippen LogP contribution in [0.2, 0.25) is 0 Å². The number of H-pyrrole nitrogens is 1. The monoisotopic (exact) mass is 238 g/mol. The number of hydrogen-bond donors (Lipinski definition) is 1. The highest BCUT2D eigenvalue weighted by molar-refractivity contribution is 7.71. The fourth-order valence-electron chi connectivity index (χ4n) is 1.54. The van der Waals surface area contributed by atoms with Crippen molar-refractivity contribution in [2.24, 2.45) is 0 Å². The Morgan fingerprint density at radius 3 is 2.88 bits per heavy atom. The maximum atomic E-state index is 5.19. The molecule has 0 fully saturated rings. The third-order valence-corrected chi connectivity index (χ3v) is 2.64. The number of rotatable bonds is 4. The van der Waals surface area contributed by atoms with E-state index in [4.69, 9.17) is 12.2 Å². The lowest BCUT2D eigenvalue weighted by Gasteiger charge is -2.08. The van der Waals surface area contributed by atoms with Gasteiger partial charge in [0, 0.05) is 18.7 Å². The van der Waals surface area contributed by atoms with Crippen molar-refractivity contribution >= 4 is 12.2 Å². The minimum absolute atomic E-state index is 0.351. The normalized spacial score (nSPS) is 11.2. The molecule has 0 atom stereocenters. The number of aryl methyl sites for hydroxylation is 1. The maximum Gasteiger partial charge on any atom is 0.195 e. The molecule has 6 nitrogen and oxygen atoms in total. The van der Waals surface area contributed by atoms with Crippen LogP contribution in [0.25, 0.3) is 0 Å². The van der Waals surface area contributed by atoms with Gasteiger partial charge in [-0.25, -0.2) is 0 Å². The van der Waals surface area contributed by atoms with E-state index in [2.05, 4.69) is 34.4 Å². The third kappa shape index (κ3) is 2.19. The predicted octanol–water partition coefficient (Wildman–Crippen LogP) is 1.36. The van der Waals surface area contributed by atoms with E-state index in [1.165, 1.54) is 0 Å². The molecule has 0 aliphatic carbocycles. The molecule has 0 spiro atoms. The van der Waals surface area contributed by atoms with Gasteiger partial charge in [-0.3, -0.25) is 9.78 Å². The van der Waals surface area contributed by atoms with Crippen molar-refractivity contribution in [2.45, 2.75) is 32.9 Å². The van der Waals surface area contributed by atoms with E-state index in [0.717, 1.165) is 18.9 Å². The number of nitrogens with one attached hydrogen (secondary N) is 1. The van der Waals surface area contributed by atoms with Crippen LogP contribution in [-0.4, -0.2) is 29.8 Å². The molecule has 0 aliphatic heterocycles. The van der Waals surface area contributed by atoms with Crippen molar-refractivity contribution in [3.63, 3.8) is 0 Å². The Labute approximate surface area is 98.3 Å². The molecule has 1 N–H and O–H groups in total. The number of nitrogens with zero attached hydrogens (tertiary/aromatic N) is 5. The molecule has 0 amide bonds. The van der Waals surface area contributed by atoms with E-state index >= 15 is 0 Å². The Hall–Kier alpha value is -1.50. The van der Waals surface area contributed by atoms with Gasteiger partial charge in [0.2, 0.25) is 0 Å². The fourth-order valence-corrected chi connectivity index (χ4v) is 1.77. The lowest BCUT2D eigenvalue weighted by Crippen LogP contribution is -2.11. The van der Waals surface area contributed by atoms with E-state index in [9.17, 15) is 0 Å². The van der Waals surface area contributed by atoms with E-state index in [1.54, 1.807) is 10.9 Å². The van der Waals surface area contributed by atoms with E-state index in [0.29, 0.717) is 10.7 Å². The summed E-state index contributed by atoms with van der Waals surface area (Å²) >= 11 is 5.19. The Balaban J connectivity index is 2.14. The Morgan fingerprint density at radius 2 is 2.25 bits per heavy atom. The second kappa shape index (κ2) is 4.56. The lowest BCUT2D eigenvalue weighted by molar-refractivity contribution is 0.498. The summed E-state index contributed by atoms with van der Waals surface area (Å²) in [5.74, 6) is 1.33. The molecule has 16 heavy (non-hydrogen) atoms. The summed E-state index contributed by atoms with van der Waals surface area (Å²) in [4.78, 5) is 0. The summed E-state index contributed by atoms with van der Waals surface area (Å²) in [6.45, 7) is 5.69. The molecule has 0 saturated heterocycles. The van der Waals surface area contributed by atoms with Crippen molar-refractivity contribution in [3.05, 3.63) is 23.0 Å². The summed E-state index contributed by atoms with van der Waals surface area (Å²) in [5.41, 5.74) is 0. The summed E-state index contributed by atoms with van der Waals surface area (Å²) < 4.78 is 4.43. The summed E-state index contributed by atoms with van der Waals surface area (Å²) in [5, 5.41) is 14.7. The highest BCUT2D eigenvalue weighted by Gasteiger charge is 2.09. The zero-order valence-electron chi connectivity index (χ0n) is 9.29. The maximum absolute atomic E-state index is 5.19. The lowest BCUT2D eigenvalue weighted by atomic mass is 10.2. The second-order valence-corrected chi connectivity index (χ2v) is 4.25. The van der Waals surface area contributed by atoms with Gasteiger partial charge in [-0.1, -0.05) is 19.1 Å². The molecule has 2 aromatic rings. The van der Waals surface area contributed by atoms with Crippen LogP contribution in [-0.2, 0) is 13.1 Å². The molecule has 2 heterocycles. The van der Waals surface area contributed by atoms with Gasteiger partial charge >= 0.3 is 0 Å². The molecule has 0 aliphatic rings. The average Bonchev–Trinajstić information content (AvgIpc) is 2.84. The van der Waals surface area contributed by atoms with E-state index < -0.39 is 0 Å². The SMILES string of the molecule is CC(C)c1n[nH]c(=S)n1CCn1ccnn1. The van der Waals surface area contributed by atoms with Crippen LogP contribution >= 0.6 is 12.2 Å². The van der Waals surface area contributed by atoms with Crippen LogP contribution < -0.4 is 0 Å². The minimum Gasteiger partial charge on any atom is -0.302 e. The summed E-state index contributed by atoms with van der Waals surface area (Å²) in [7, 11) is 0. The quantitative estimate of drug-likeness (QED) is 0.817. The van der Waals surface area contributed by atoms with Gasteiger partial charge in [-0.05, 0) is 12.2 Å². The van der Waals surface area contributed by atoms with Crippen molar-refractivity contribution in [1.82, 2.24) is 29.8 Å².